The van der Waals surface area contributed by atoms with Crippen molar-refractivity contribution < 1.29 is 13.2 Å². The molecule has 0 aliphatic heterocycles. The number of aryl methyl sites for hydroxylation is 1. The Morgan fingerprint density at radius 2 is 1.94 bits per heavy atom. The molecule has 0 spiro atoms. The first kappa shape index (κ1) is 23.3. The number of carbonyl (C=O) groups is 1. The van der Waals surface area contributed by atoms with Gasteiger partial charge in [0.15, 0.2) is 4.34 Å². The van der Waals surface area contributed by atoms with Crippen molar-refractivity contribution in [3.05, 3.63) is 71.8 Å². The van der Waals surface area contributed by atoms with Crippen molar-refractivity contribution in [3.63, 3.8) is 0 Å². The monoisotopic (exact) mass is 494 g/mol. The van der Waals surface area contributed by atoms with Gasteiger partial charge in [0.25, 0.3) is 10.0 Å². The molecular formula is C20H19ClN4O3S3. The van der Waals surface area contributed by atoms with Crippen LogP contribution in [0.2, 0.25) is 5.02 Å². The van der Waals surface area contributed by atoms with E-state index < -0.39 is 22.5 Å². The highest BCUT2D eigenvalue weighted by atomic mass is 35.5. The van der Waals surface area contributed by atoms with Gasteiger partial charge in [0.1, 0.15) is 6.54 Å². The number of aromatic nitrogens is 2. The summed E-state index contributed by atoms with van der Waals surface area (Å²) in [5, 5.41) is 11.3. The molecule has 0 saturated carbocycles. The van der Waals surface area contributed by atoms with Crippen LogP contribution in [0.1, 0.15) is 5.56 Å². The van der Waals surface area contributed by atoms with Crippen molar-refractivity contribution in [3.8, 4) is 0 Å². The van der Waals surface area contributed by atoms with E-state index in [0.29, 0.717) is 31.5 Å². The summed E-state index contributed by atoms with van der Waals surface area (Å²) in [7, 11) is -4.02. The van der Waals surface area contributed by atoms with Crippen LogP contribution in [0.25, 0.3) is 0 Å². The van der Waals surface area contributed by atoms with E-state index in [-0.39, 0.29) is 4.90 Å². The van der Waals surface area contributed by atoms with E-state index in [1.165, 1.54) is 47.4 Å². The SMILES string of the molecule is C=CCSc1nnc(NC(=O)CN(c2ccccc2C)S(=O)(=O)c2ccc(Cl)cc2)s1. The number of nitrogens with zero attached hydrogens (tertiary/aromatic N) is 3. The van der Waals surface area contributed by atoms with Crippen LogP contribution in [0.5, 0.6) is 0 Å². The molecule has 0 radical (unpaired) electrons. The van der Waals surface area contributed by atoms with E-state index >= 15 is 0 Å². The lowest BCUT2D eigenvalue weighted by atomic mass is 10.2. The Morgan fingerprint density at radius 1 is 1.23 bits per heavy atom. The summed E-state index contributed by atoms with van der Waals surface area (Å²) in [6.45, 7) is 5.01. The summed E-state index contributed by atoms with van der Waals surface area (Å²) in [6, 6.07) is 12.8. The van der Waals surface area contributed by atoms with Crippen molar-refractivity contribution in [2.24, 2.45) is 0 Å². The van der Waals surface area contributed by atoms with Crippen LogP contribution in [0, 0.1) is 6.92 Å². The number of halogens is 1. The zero-order valence-corrected chi connectivity index (χ0v) is 19.7. The molecule has 3 rings (SSSR count). The maximum Gasteiger partial charge on any atom is 0.264 e. The number of anilines is 2. The van der Waals surface area contributed by atoms with Crippen LogP contribution in [-0.2, 0) is 14.8 Å². The number of nitrogens with one attached hydrogen (secondary N) is 1. The average Bonchev–Trinajstić information content (AvgIpc) is 3.18. The Balaban J connectivity index is 1.87. The number of sulfonamides is 1. The molecule has 0 atom stereocenters. The summed E-state index contributed by atoms with van der Waals surface area (Å²) in [4.78, 5) is 12.8. The first-order valence-corrected chi connectivity index (χ1v) is 12.6. The minimum absolute atomic E-state index is 0.0342. The Hall–Kier alpha value is -2.40. The summed E-state index contributed by atoms with van der Waals surface area (Å²) >= 11 is 8.55. The quantitative estimate of drug-likeness (QED) is 0.265. The number of carbonyl (C=O) groups excluding carboxylic acids is 1. The maximum atomic E-state index is 13.4. The number of rotatable bonds is 9. The first-order chi connectivity index (χ1) is 14.8. The van der Waals surface area contributed by atoms with Crippen LogP contribution in [0.3, 0.4) is 0 Å². The molecule has 1 heterocycles. The largest absolute Gasteiger partial charge is 0.299 e. The third kappa shape index (κ3) is 5.85. The van der Waals surface area contributed by atoms with Gasteiger partial charge in [-0.15, -0.1) is 16.8 Å². The Bertz CT molecular complexity index is 1180. The predicted octanol–water partition coefficient (Wildman–Crippen LogP) is 4.61. The highest BCUT2D eigenvalue weighted by Crippen LogP contribution is 2.28. The maximum absolute atomic E-state index is 13.4. The highest BCUT2D eigenvalue weighted by Gasteiger charge is 2.28. The van der Waals surface area contributed by atoms with Gasteiger partial charge in [0.2, 0.25) is 11.0 Å². The zero-order valence-electron chi connectivity index (χ0n) is 16.5. The third-order valence-electron chi connectivity index (χ3n) is 4.05. The van der Waals surface area contributed by atoms with Crippen molar-refractivity contribution in [2.75, 3.05) is 21.9 Å². The van der Waals surface area contributed by atoms with E-state index in [2.05, 4.69) is 22.1 Å². The van der Waals surface area contributed by atoms with Gasteiger partial charge in [-0.05, 0) is 42.8 Å². The second-order valence-electron chi connectivity index (χ2n) is 6.27. The Labute approximate surface area is 194 Å². The van der Waals surface area contributed by atoms with Gasteiger partial charge in [-0.25, -0.2) is 8.42 Å². The molecule has 1 aromatic heterocycles. The molecule has 31 heavy (non-hydrogen) atoms. The second-order valence-corrected chi connectivity index (χ2v) is 10.8. The van der Waals surface area contributed by atoms with Crippen LogP contribution in [-0.4, -0.2) is 36.8 Å². The lowest BCUT2D eigenvalue weighted by molar-refractivity contribution is -0.114. The lowest BCUT2D eigenvalue weighted by Gasteiger charge is -2.25. The molecule has 0 aliphatic carbocycles. The topological polar surface area (TPSA) is 92.3 Å². The number of benzene rings is 2. The Kier molecular flexibility index (Phi) is 7.71. The normalized spacial score (nSPS) is 11.2. The number of hydrogen-bond acceptors (Lipinski definition) is 7. The number of para-hydroxylation sites is 1. The second kappa shape index (κ2) is 10.3. The third-order valence-corrected chi connectivity index (χ3v) is 8.04. The fourth-order valence-corrected chi connectivity index (χ4v) is 5.76. The molecule has 0 bridgehead atoms. The van der Waals surface area contributed by atoms with Gasteiger partial charge < -0.3 is 0 Å². The molecule has 0 unspecified atom stereocenters. The molecule has 11 heteroatoms. The summed E-state index contributed by atoms with van der Waals surface area (Å²) in [5.74, 6) is 0.139. The van der Waals surface area contributed by atoms with Crippen molar-refractivity contribution in [1.82, 2.24) is 10.2 Å². The van der Waals surface area contributed by atoms with Crippen molar-refractivity contribution in [2.45, 2.75) is 16.2 Å². The number of hydrogen-bond donors (Lipinski definition) is 1. The molecule has 2 aromatic carbocycles. The highest BCUT2D eigenvalue weighted by molar-refractivity contribution is 8.01. The molecule has 0 saturated heterocycles. The van der Waals surface area contributed by atoms with E-state index in [9.17, 15) is 13.2 Å². The minimum Gasteiger partial charge on any atom is -0.299 e. The molecule has 162 valence electrons. The average molecular weight is 495 g/mol. The smallest absolute Gasteiger partial charge is 0.264 e. The minimum atomic E-state index is -4.02. The molecule has 0 aliphatic rings. The van der Waals surface area contributed by atoms with E-state index in [4.69, 9.17) is 11.6 Å². The molecule has 3 aromatic rings. The zero-order chi connectivity index (χ0) is 22.4. The van der Waals surface area contributed by atoms with Gasteiger partial charge in [0, 0.05) is 10.8 Å². The van der Waals surface area contributed by atoms with Gasteiger partial charge >= 0.3 is 0 Å². The van der Waals surface area contributed by atoms with Gasteiger partial charge in [0.05, 0.1) is 10.6 Å². The van der Waals surface area contributed by atoms with Crippen LogP contribution >= 0.6 is 34.7 Å². The standard InChI is InChI=1S/C20H19ClN4O3S3/c1-3-12-29-20-24-23-19(30-20)22-18(26)13-25(17-7-5-4-6-14(17)2)31(27,28)16-10-8-15(21)9-11-16/h3-11H,1,12-13H2,2H3,(H,22,23,26). The van der Waals surface area contributed by atoms with Crippen LogP contribution in [0.4, 0.5) is 10.8 Å². The molecule has 1 amide bonds. The van der Waals surface area contributed by atoms with Gasteiger partial charge in [-0.2, -0.15) is 0 Å². The number of amides is 1. The fraction of sp³-hybridized carbons (Fsp3) is 0.150. The van der Waals surface area contributed by atoms with E-state index in [0.717, 1.165) is 4.31 Å². The molecule has 0 fully saturated rings. The molecule has 1 N–H and O–H groups in total. The fourth-order valence-electron chi connectivity index (χ4n) is 2.61. The van der Waals surface area contributed by atoms with E-state index in [1.54, 1.807) is 37.3 Å². The van der Waals surface area contributed by atoms with Crippen molar-refractivity contribution in [1.29, 1.82) is 0 Å². The van der Waals surface area contributed by atoms with Gasteiger partial charge in [-0.3, -0.25) is 14.4 Å². The van der Waals surface area contributed by atoms with Crippen molar-refractivity contribution >= 4 is 61.4 Å². The summed E-state index contributed by atoms with van der Waals surface area (Å²) < 4.78 is 28.5. The summed E-state index contributed by atoms with van der Waals surface area (Å²) in [6.07, 6.45) is 1.74. The Morgan fingerprint density at radius 3 is 2.61 bits per heavy atom. The molecular weight excluding hydrogens is 476 g/mol. The van der Waals surface area contributed by atoms with Crippen LogP contribution < -0.4 is 9.62 Å². The predicted molar refractivity (Wildman–Crippen MR) is 127 cm³/mol. The van der Waals surface area contributed by atoms with Gasteiger partial charge in [-0.1, -0.05) is 59.0 Å². The van der Waals surface area contributed by atoms with Crippen LogP contribution in [0.15, 0.2) is 70.4 Å². The lowest BCUT2D eigenvalue weighted by Crippen LogP contribution is -2.38. The molecule has 7 nitrogen and oxygen atoms in total. The summed E-state index contributed by atoms with van der Waals surface area (Å²) in [5.41, 5.74) is 1.12. The number of thioether (sulfide) groups is 1. The first-order valence-electron chi connectivity index (χ1n) is 9.02. The van der Waals surface area contributed by atoms with E-state index in [1.807, 2.05) is 0 Å².